The summed E-state index contributed by atoms with van der Waals surface area (Å²) in [5.41, 5.74) is 2.83. The lowest BCUT2D eigenvalue weighted by molar-refractivity contribution is 0.00794. The number of nitrogens with zero attached hydrogens (tertiary/aromatic N) is 2. The number of hydrogen-bond acceptors (Lipinski definition) is 6. The molecule has 3 rings (SSSR count). The van der Waals surface area contributed by atoms with Gasteiger partial charge in [-0.25, -0.2) is 14.6 Å². The predicted octanol–water partition coefficient (Wildman–Crippen LogP) is 4.76. The average molecular weight is 404 g/mol. The van der Waals surface area contributed by atoms with E-state index in [9.17, 15) is 9.59 Å². The first kappa shape index (κ1) is 20.1. The van der Waals surface area contributed by atoms with Crippen LogP contribution < -0.4 is 5.32 Å². The van der Waals surface area contributed by atoms with Crippen molar-refractivity contribution in [3.05, 3.63) is 35.8 Å². The summed E-state index contributed by atoms with van der Waals surface area (Å²) in [5, 5.41) is 3.45. The minimum Gasteiger partial charge on any atom is -0.446 e. The van der Waals surface area contributed by atoms with E-state index in [4.69, 9.17) is 9.47 Å². The van der Waals surface area contributed by atoms with Crippen LogP contribution in [0.1, 0.15) is 33.6 Å². The molecule has 2 heterocycles. The number of likely N-dealkylation sites (tertiary alicyclic amines) is 1. The monoisotopic (exact) mass is 403 g/mol. The largest absolute Gasteiger partial charge is 0.446 e. The standard InChI is InChI=1S/C20H25N3O4S/c1-20(2,3)27-19(25)23-11-9-15(10-12-23)26-18(24)22-17-16(21-13-28-17)14-7-5-4-6-8-14/h4-8,13,15H,9-12H2,1-3H3,(H,22,24). The van der Waals surface area contributed by atoms with Crippen molar-refractivity contribution in [3.8, 4) is 11.3 Å². The van der Waals surface area contributed by atoms with Crippen LogP contribution in [-0.2, 0) is 9.47 Å². The molecule has 0 saturated carbocycles. The highest BCUT2D eigenvalue weighted by atomic mass is 32.1. The molecule has 2 amide bonds. The molecule has 1 aromatic carbocycles. The molecule has 0 spiro atoms. The Morgan fingerprint density at radius 3 is 2.50 bits per heavy atom. The van der Waals surface area contributed by atoms with Crippen molar-refractivity contribution in [2.45, 2.75) is 45.3 Å². The molecule has 1 aromatic heterocycles. The first-order valence-electron chi connectivity index (χ1n) is 9.26. The Morgan fingerprint density at radius 1 is 1.18 bits per heavy atom. The number of ether oxygens (including phenoxy) is 2. The van der Waals surface area contributed by atoms with E-state index in [1.165, 1.54) is 11.3 Å². The third-order valence-electron chi connectivity index (χ3n) is 4.20. The molecule has 1 N–H and O–H groups in total. The number of amides is 2. The molecule has 1 aliphatic rings. The summed E-state index contributed by atoms with van der Waals surface area (Å²) in [4.78, 5) is 30.4. The number of carbonyl (C=O) groups excluding carboxylic acids is 2. The summed E-state index contributed by atoms with van der Waals surface area (Å²) in [6, 6.07) is 9.67. The average Bonchev–Trinajstić information content (AvgIpc) is 3.09. The van der Waals surface area contributed by atoms with Gasteiger partial charge in [-0.05, 0) is 20.8 Å². The third kappa shape index (κ3) is 5.45. The van der Waals surface area contributed by atoms with E-state index in [-0.39, 0.29) is 12.2 Å². The Hall–Kier alpha value is -2.61. The van der Waals surface area contributed by atoms with Gasteiger partial charge in [0.1, 0.15) is 22.4 Å². The van der Waals surface area contributed by atoms with Gasteiger partial charge in [-0.2, -0.15) is 0 Å². The molecule has 2 aromatic rings. The molecule has 0 bridgehead atoms. The van der Waals surface area contributed by atoms with E-state index >= 15 is 0 Å². The Bertz CT molecular complexity index is 808. The van der Waals surface area contributed by atoms with Gasteiger partial charge in [0.2, 0.25) is 0 Å². The van der Waals surface area contributed by atoms with Crippen LogP contribution in [0.5, 0.6) is 0 Å². The number of carbonyl (C=O) groups is 2. The van der Waals surface area contributed by atoms with Crippen molar-refractivity contribution in [1.29, 1.82) is 0 Å². The van der Waals surface area contributed by atoms with Crippen LogP contribution in [0.25, 0.3) is 11.3 Å². The quantitative estimate of drug-likeness (QED) is 0.799. The molecule has 7 nitrogen and oxygen atoms in total. The van der Waals surface area contributed by atoms with E-state index in [0.717, 1.165) is 11.3 Å². The van der Waals surface area contributed by atoms with Gasteiger partial charge in [0.25, 0.3) is 0 Å². The minimum atomic E-state index is -0.518. The maximum Gasteiger partial charge on any atom is 0.412 e. The Balaban J connectivity index is 1.50. The van der Waals surface area contributed by atoms with Crippen LogP contribution in [0.4, 0.5) is 14.6 Å². The number of benzene rings is 1. The molecule has 0 unspecified atom stereocenters. The number of hydrogen-bond donors (Lipinski definition) is 1. The van der Waals surface area contributed by atoms with Crippen molar-refractivity contribution in [2.75, 3.05) is 18.4 Å². The highest BCUT2D eigenvalue weighted by Crippen LogP contribution is 2.30. The number of piperidine rings is 1. The van der Waals surface area contributed by atoms with Crippen LogP contribution in [0.3, 0.4) is 0 Å². The Morgan fingerprint density at radius 2 is 1.86 bits per heavy atom. The highest BCUT2D eigenvalue weighted by Gasteiger charge is 2.28. The van der Waals surface area contributed by atoms with Gasteiger partial charge in [-0.1, -0.05) is 30.3 Å². The Labute approximate surface area is 168 Å². The molecule has 0 atom stereocenters. The number of anilines is 1. The second-order valence-electron chi connectivity index (χ2n) is 7.59. The van der Waals surface area contributed by atoms with Crippen LogP contribution in [0, 0.1) is 0 Å². The first-order chi connectivity index (χ1) is 13.3. The summed E-state index contributed by atoms with van der Waals surface area (Å²) in [6.45, 7) is 6.53. The lowest BCUT2D eigenvalue weighted by Crippen LogP contribution is -2.44. The summed E-state index contributed by atoms with van der Waals surface area (Å²) >= 11 is 1.35. The van der Waals surface area contributed by atoms with Gasteiger partial charge in [-0.3, -0.25) is 5.32 Å². The molecular weight excluding hydrogens is 378 g/mol. The second kappa shape index (κ2) is 8.60. The fourth-order valence-corrected chi connectivity index (χ4v) is 3.58. The zero-order valence-electron chi connectivity index (χ0n) is 16.3. The van der Waals surface area contributed by atoms with Crippen molar-refractivity contribution in [2.24, 2.45) is 0 Å². The summed E-state index contributed by atoms with van der Waals surface area (Å²) in [5.74, 6) is 0. The van der Waals surface area contributed by atoms with Crippen molar-refractivity contribution in [1.82, 2.24) is 9.88 Å². The second-order valence-corrected chi connectivity index (χ2v) is 8.45. The Kier molecular flexibility index (Phi) is 6.18. The van der Waals surface area contributed by atoms with Gasteiger partial charge >= 0.3 is 12.2 Å². The molecule has 150 valence electrons. The van der Waals surface area contributed by atoms with E-state index in [2.05, 4.69) is 10.3 Å². The van der Waals surface area contributed by atoms with Crippen LogP contribution in [0.2, 0.25) is 0 Å². The SMILES string of the molecule is CC(C)(C)OC(=O)N1CCC(OC(=O)Nc2scnc2-c2ccccc2)CC1. The number of aromatic nitrogens is 1. The molecule has 8 heteroatoms. The van der Waals surface area contributed by atoms with Gasteiger partial charge in [0.15, 0.2) is 0 Å². The van der Waals surface area contributed by atoms with Gasteiger partial charge in [-0.15, -0.1) is 11.3 Å². The smallest absolute Gasteiger partial charge is 0.412 e. The zero-order valence-corrected chi connectivity index (χ0v) is 17.1. The summed E-state index contributed by atoms with van der Waals surface area (Å²) < 4.78 is 10.9. The topological polar surface area (TPSA) is 80.8 Å². The van der Waals surface area contributed by atoms with Crippen LogP contribution in [-0.4, -0.2) is 46.9 Å². The number of nitrogens with one attached hydrogen (secondary N) is 1. The third-order valence-corrected chi connectivity index (χ3v) is 4.94. The minimum absolute atomic E-state index is 0.230. The molecular formula is C20H25N3O4S. The summed E-state index contributed by atoms with van der Waals surface area (Å²) in [7, 11) is 0. The van der Waals surface area contributed by atoms with Gasteiger partial charge < -0.3 is 14.4 Å². The lowest BCUT2D eigenvalue weighted by atomic mass is 10.1. The highest BCUT2D eigenvalue weighted by molar-refractivity contribution is 7.14. The molecule has 0 aliphatic carbocycles. The van der Waals surface area contributed by atoms with Gasteiger partial charge in [0.05, 0.1) is 5.51 Å². The predicted molar refractivity (Wildman–Crippen MR) is 108 cm³/mol. The van der Waals surface area contributed by atoms with Crippen molar-refractivity contribution >= 4 is 28.5 Å². The molecule has 1 saturated heterocycles. The van der Waals surface area contributed by atoms with Crippen molar-refractivity contribution < 1.29 is 19.1 Å². The van der Waals surface area contributed by atoms with E-state index in [1.54, 1.807) is 10.4 Å². The normalized spacial score (nSPS) is 15.2. The van der Waals surface area contributed by atoms with E-state index in [1.807, 2.05) is 51.1 Å². The lowest BCUT2D eigenvalue weighted by Gasteiger charge is -2.33. The summed E-state index contributed by atoms with van der Waals surface area (Å²) in [6.07, 6.45) is 0.110. The van der Waals surface area contributed by atoms with Crippen LogP contribution in [0.15, 0.2) is 35.8 Å². The van der Waals surface area contributed by atoms with E-state index in [0.29, 0.717) is 30.9 Å². The molecule has 1 fully saturated rings. The molecule has 28 heavy (non-hydrogen) atoms. The number of thiazole rings is 1. The van der Waals surface area contributed by atoms with Crippen molar-refractivity contribution in [3.63, 3.8) is 0 Å². The fourth-order valence-electron chi connectivity index (χ4n) is 2.89. The maximum absolute atomic E-state index is 12.3. The van der Waals surface area contributed by atoms with E-state index < -0.39 is 11.7 Å². The molecule has 1 aliphatic heterocycles. The number of rotatable bonds is 3. The molecule has 0 radical (unpaired) electrons. The maximum atomic E-state index is 12.3. The van der Waals surface area contributed by atoms with Crippen LogP contribution >= 0.6 is 11.3 Å². The van der Waals surface area contributed by atoms with Gasteiger partial charge in [0, 0.05) is 31.5 Å². The first-order valence-corrected chi connectivity index (χ1v) is 10.1. The fraction of sp³-hybridized carbons (Fsp3) is 0.450. The zero-order chi connectivity index (χ0) is 20.1.